The van der Waals surface area contributed by atoms with Crippen molar-refractivity contribution in [3.05, 3.63) is 71.8 Å². The van der Waals surface area contributed by atoms with Gasteiger partial charge in [0, 0.05) is 11.8 Å². The molecule has 0 fully saturated rings. The number of anilines is 3. The summed E-state index contributed by atoms with van der Waals surface area (Å²) < 4.78 is 5.19. The minimum Gasteiger partial charge on any atom is -0.497 e. The summed E-state index contributed by atoms with van der Waals surface area (Å²) in [5.74, 6) is 1.62. The SMILES string of the molecule is COc1cccc(Nc2ccc(NC(=O)Cc3ccc(C)cc3)nn2)c1. The minimum absolute atomic E-state index is 0.128. The third-order valence-electron chi connectivity index (χ3n) is 3.76. The molecule has 0 aliphatic heterocycles. The van der Waals surface area contributed by atoms with Gasteiger partial charge < -0.3 is 15.4 Å². The lowest BCUT2D eigenvalue weighted by Crippen LogP contribution is -2.15. The number of benzene rings is 2. The molecule has 1 amide bonds. The summed E-state index contributed by atoms with van der Waals surface area (Å²) in [7, 11) is 1.62. The van der Waals surface area contributed by atoms with E-state index >= 15 is 0 Å². The lowest BCUT2D eigenvalue weighted by atomic mass is 10.1. The number of hydrogen-bond acceptors (Lipinski definition) is 5. The van der Waals surface area contributed by atoms with Crippen molar-refractivity contribution in [2.75, 3.05) is 17.7 Å². The smallest absolute Gasteiger partial charge is 0.229 e. The van der Waals surface area contributed by atoms with Crippen molar-refractivity contribution < 1.29 is 9.53 Å². The highest BCUT2D eigenvalue weighted by molar-refractivity contribution is 5.91. The van der Waals surface area contributed by atoms with Gasteiger partial charge in [-0.05, 0) is 36.8 Å². The Morgan fingerprint density at radius 3 is 2.42 bits per heavy atom. The van der Waals surface area contributed by atoms with Gasteiger partial charge in [0.2, 0.25) is 5.91 Å². The van der Waals surface area contributed by atoms with Gasteiger partial charge in [0.15, 0.2) is 11.6 Å². The summed E-state index contributed by atoms with van der Waals surface area (Å²) >= 11 is 0. The fourth-order valence-electron chi connectivity index (χ4n) is 2.39. The molecule has 0 radical (unpaired) electrons. The zero-order valence-electron chi connectivity index (χ0n) is 14.7. The van der Waals surface area contributed by atoms with Gasteiger partial charge in [0.1, 0.15) is 5.75 Å². The second-order valence-electron chi connectivity index (χ2n) is 5.87. The highest BCUT2D eigenvalue weighted by atomic mass is 16.5. The van der Waals surface area contributed by atoms with E-state index in [0.29, 0.717) is 18.1 Å². The summed E-state index contributed by atoms with van der Waals surface area (Å²) in [6.07, 6.45) is 0.297. The fourth-order valence-corrected chi connectivity index (χ4v) is 2.39. The Morgan fingerprint density at radius 1 is 1.00 bits per heavy atom. The monoisotopic (exact) mass is 348 g/mol. The van der Waals surface area contributed by atoms with Gasteiger partial charge in [0.25, 0.3) is 0 Å². The molecular formula is C20H20N4O2. The molecular weight excluding hydrogens is 328 g/mol. The molecule has 0 aliphatic carbocycles. The highest BCUT2D eigenvalue weighted by Crippen LogP contribution is 2.20. The first-order valence-electron chi connectivity index (χ1n) is 8.22. The Morgan fingerprint density at radius 2 is 1.73 bits per heavy atom. The maximum Gasteiger partial charge on any atom is 0.229 e. The average molecular weight is 348 g/mol. The van der Waals surface area contributed by atoms with E-state index in [2.05, 4.69) is 20.8 Å². The number of nitrogens with one attached hydrogen (secondary N) is 2. The molecule has 0 unspecified atom stereocenters. The van der Waals surface area contributed by atoms with E-state index in [0.717, 1.165) is 17.0 Å². The Labute approximate surface area is 152 Å². The molecule has 6 heteroatoms. The van der Waals surface area contributed by atoms with Crippen LogP contribution >= 0.6 is 0 Å². The van der Waals surface area contributed by atoms with E-state index in [1.807, 2.05) is 55.5 Å². The van der Waals surface area contributed by atoms with Gasteiger partial charge in [-0.15, -0.1) is 10.2 Å². The van der Waals surface area contributed by atoms with Crippen molar-refractivity contribution >= 4 is 23.2 Å². The number of carbonyl (C=O) groups is 1. The third kappa shape index (κ3) is 4.80. The molecule has 1 aromatic heterocycles. The van der Waals surface area contributed by atoms with E-state index in [4.69, 9.17) is 4.74 Å². The first-order valence-corrected chi connectivity index (χ1v) is 8.22. The number of amides is 1. The second kappa shape index (κ2) is 8.11. The Bertz CT molecular complexity index is 877. The fraction of sp³-hybridized carbons (Fsp3) is 0.150. The van der Waals surface area contributed by atoms with Gasteiger partial charge in [0.05, 0.1) is 13.5 Å². The summed E-state index contributed by atoms with van der Waals surface area (Å²) in [6.45, 7) is 2.01. The van der Waals surface area contributed by atoms with Crippen LogP contribution in [0.1, 0.15) is 11.1 Å². The lowest BCUT2D eigenvalue weighted by molar-refractivity contribution is -0.115. The first-order chi connectivity index (χ1) is 12.6. The molecule has 132 valence electrons. The summed E-state index contributed by atoms with van der Waals surface area (Å²) in [4.78, 5) is 12.1. The van der Waals surface area contributed by atoms with Crippen LogP contribution in [0.15, 0.2) is 60.7 Å². The predicted molar refractivity (Wildman–Crippen MR) is 102 cm³/mol. The molecule has 0 aliphatic rings. The molecule has 6 nitrogen and oxygen atoms in total. The maximum atomic E-state index is 12.1. The molecule has 26 heavy (non-hydrogen) atoms. The number of hydrogen-bond donors (Lipinski definition) is 2. The number of aryl methyl sites for hydroxylation is 1. The quantitative estimate of drug-likeness (QED) is 0.710. The number of nitrogens with zero attached hydrogens (tertiary/aromatic N) is 2. The number of methoxy groups -OCH3 is 1. The molecule has 0 saturated heterocycles. The standard InChI is InChI=1S/C20H20N4O2/c1-14-6-8-15(9-7-14)12-20(25)22-19-11-10-18(23-24-19)21-16-4-3-5-17(13-16)26-2/h3-11,13H,12H2,1-2H3,(H,21,23)(H,22,24,25). The molecule has 2 N–H and O–H groups in total. The summed E-state index contributed by atoms with van der Waals surface area (Å²) in [6, 6.07) is 18.8. The van der Waals surface area contributed by atoms with Crippen LogP contribution in [0.3, 0.4) is 0 Å². The second-order valence-corrected chi connectivity index (χ2v) is 5.87. The normalized spacial score (nSPS) is 10.2. The highest BCUT2D eigenvalue weighted by Gasteiger charge is 2.06. The van der Waals surface area contributed by atoms with Gasteiger partial charge in [-0.3, -0.25) is 4.79 Å². The minimum atomic E-state index is -0.128. The van der Waals surface area contributed by atoms with Crippen LogP contribution in [-0.2, 0) is 11.2 Å². The van der Waals surface area contributed by atoms with E-state index in [1.54, 1.807) is 19.2 Å². The first kappa shape index (κ1) is 17.4. The predicted octanol–water partition coefficient (Wildman–Crippen LogP) is 3.72. The van der Waals surface area contributed by atoms with E-state index in [-0.39, 0.29) is 5.91 Å². The van der Waals surface area contributed by atoms with Crippen LogP contribution in [0.5, 0.6) is 5.75 Å². The summed E-state index contributed by atoms with van der Waals surface area (Å²) in [5, 5.41) is 14.0. The van der Waals surface area contributed by atoms with Crippen molar-refractivity contribution in [1.82, 2.24) is 10.2 Å². The van der Waals surface area contributed by atoms with Crippen molar-refractivity contribution in [2.24, 2.45) is 0 Å². The van der Waals surface area contributed by atoms with Crippen LogP contribution in [-0.4, -0.2) is 23.2 Å². The zero-order chi connectivity index (χ0) is 18.4. The molecule has 3 rings (SSSR count). The lowest BCUT2D eigenvalue weighted by Gasteiger charge is -2.08. The largest absolute Gasteiger partial charge is 0.497 e. The Kier molecular flexibility index (Phi) is 5.43. The third-order valence-corrected chi connectivity index (χ3v) is 3.76. The topological polar surface area (TPSA) is 76.1 Å². The number of ether oxygens (including phenoxy) is 1. The molecule has 1 heterocycles. The van der Waals surface area contributed by atoms with Gasteiger partial charge in [-0.1, -0.05) is 35.9 Å². The molecule has 3 aromatic rings. The van der Waals surface area contributed by atoms with Crippen molar-refractivity contribution in [3.8, 4) is 5.75 Å². The van der Waals surface area contributed by atoms with Gasteiger partial charge in [-0.2, -0.15) is 0 Å². The van der Waals surface area contributed by atoms with E-state index in [9.17, 15) is 4.79 Å². The molecule has 0 spiro atoms. The van der Waals surface area contributed by atoms with E-state index in [1.165, 1.54) is 5.56 Å². The van der Waals surface area contributed by atoms with Gasteiger partial charge >= 0.3 is 0 Å². The van der Waals surface area contributed by atoms with Crippen LogP contribution in [0, 0.1) is 6.92 Å². The van der Waals surface area contributed by atoms with E-state index < -0.39 is 0 Å². The Hall–Kier alpha value is -3.41. The molecule has 0 saturated carbocycles. The van der Waals surface area contributed by atoms with Crippen LogP contribution in [0.2, 0.25) is 0 Å². The zero-order valence-corrected chi connectivity index (χ0v) is 14.7. The van der Waals surface area contributed by atoms with Gasteiger partial charge in [-0.25, -0.2) is 0 Å². The van der Waals surface area contributed by atoms with Crippen molar-refractivity contribution in [3.63, 3.8) is 0 Å². The average Bonchev–Trinajstić information content (AvgIpc) is 2.65. The molecule has 2 aromatic carbocycles. The van der Waals surface area contributed by atoms with Crippen LogP contribution in [0.4, 0.5) is 17.3 Å². The number of aromatic nitrogens is 2. The van der Waals surface area contributed by atoms with Crippen LogP contribution < -0.4 is 15.4 Å². The molecule has 0 bridgehead atoms. The Balaban J connectivity index is 1.58. The van der Waals surface area contributed by atoms with Crippen molar-refractivity contribution in [1.29, 1.82) is 0 Å². The molecule has 0 atom stereocenters. The summed E-state index contributed by atoms with van der Waals surface area (Å²) in [5.41, 5.74) is 2.96. The number of carbonyl (C=O) groups excluding carboxylic acids is 1. The van der Waals surface area contributed by atoms with Crippen LogP contribution in [0.25, 0.3) is 0 Å². The maximum absolute atomic E-state index is 12.1. The van der Waals surface area contributed by atoms with Crippen molar-refractivity contribution in [2.45, 2.75) is 13.3 Å². The number of rotatable bonds is 6.